The second-order valence-corrected chi connectivity index (χ2v) is 3.28. The summed E-state index contributed by atoms with van der Waals surface area (Å²) in [5, 5.41) is 12.7. The number of carbonyl (C=O) groups is 1. The maximum atomic E-state index is 10.6. The Kier molecular flexibility index (Phi) is 2.03. The number of fused-ring (bicyclic) bond motifs is 1. The second-order valence-electron chi connectivity index (χ2n) is 3.28. The summed E-state index contributed by atoms with van der Waals surface area (Å²) in [5.74, 6) is -0.936. The number of hydrogen-bond donors (Lipinski definition) is 2. The van der Waals surface area contributed by atoms with Crippen LogP contribution in [0.2, 0.25) is 0 Å². The highest BCUT2D eigenvalue weighted by atomic mass is 16.4. The number of aromatic nitrogens is 3. The Morgan fingerprint density at radius 2 is 2.40 bits per heavy atom. The van der Waals surface area contributed by atoms with E-state index >= 15 is 0 Å². The van der Waals surface area contributed by atoms with E-state index in [1.165, 1.54) is 6.33 Å². The molecule has 0 fully saturated rings. The number of hydrogen-bond acceptors (Lipinski definition) is 4. The summed E-state index contributed by atoms with van der Waals surface area (Å²) in [4.78, 5) is 14.5. The summed E-state index contributed by atoms with van der Waals surface area (Å²) in [7, 11) is 0. The number of carboxylic acids is 1. The number of nitrogens with two attached hydrogens (primary N) is 1. The fourth-order valence-electron chi connectivity index (χ4n) is 1.57. The molecule has 0 bridgehead atoms. The maximum absolute atomic E-state index is 10.6. The average molecular weight is 206 g/mol. The largest absolute Gasteiger partial charge is 0.481 e. The Morgan fingerprint density at radius 3 is 3.07 bits per heavy atom. The molecule has 15 heavy (non-hydrogen) atoms. The van der Waals surface area contributed by atoms with E-state index in [9.17, 15) is 4.79 Å². The molecule has 2 aromatic rings. The van der Waals surface area contributed by atoms with Crippen LogP contribution in [-0.2, 0) is 11.2 Å². The molecule has 3 N–H and O–H groups in total. The molecule has 0 spiro atoms. The average Bonchev–Trinajstić information content (AvgIpc) is 2.43. The first kappa shape index (κ1) is 9.45. The van der Waals surface area contributed by atoms with Crippen molar-refractivity contribution in [3.63, 3.8) is 0 Å². The van der Waals surface area contributed by atoms with Gasteiger partial charge in [-0.15, -0.1) is 0 Å². The zero-order chi connectivity index (χ0) is 11.0. The SMILES string of the molecule is Cc1cc(N)c2c(CC(=O)O)ncnn12. The first-order valence-corrected chi connectivity index (χ1v) is 4.39. The van der Waals surface area contributed by atoms with Gasteiger partial charge in [0.05, 0.1) is 17.8 Å². The predicted octanol–water partition coefficient (Wildman–Crippen LogP) is 0.247. The minimum atomic E-state index is -0.936. The first-order valence-electron chi connectivity index (χ1n) is 4.39. The summed E-state index contributed by atoms with van der Waals surface area (Å²) in [6.07, 6.45) is 1.18. The molecule has 0 aliphatic rings. The van der Waals surface area contributed by atoms with E-state index < -0.39 is 5.97 Å². The van der Waals surface area contributed by atoms with Gasteiger partial charge in [0.1, 0.15) is 11.8 Å². The van der Waals surface area contributed by atoms with Gasteiger partial charge in [0.15, 0.2) is 0 Å². The maximum Gasteiger partial charge on any atom is 0.309 e. The highest BCUT2D eigenvalue weighted by Crippen LogP contribution is 2.20. The Bertz CT molecular complexity index is 532. The van der Waals surface area contributed by atoms with Crippen molar-refractivity contribution >= 4 is 17.2 Å². The molecular weight excluding hydrogens is 196 g/mol. The van der Waals surface area contributed by atoms with Crippen LogP contribution in [0.5, 0.6) is 0 Å². The number of rotatable bonds is 2. The van der Waals surface area contributed by atoms with Crippen LogP contribution in [0, 0.1) is 6.92 Å². The van der Waals surface area contributed by atoms with Crippen LogP contribution in [0.4, 0.5) is 5.69 Å². The molecule has 6 heteroatoms. The molecule has 0 saturated heterocycles. The minimum Gasteiger partial charge on any atom is -0.481 e. The number of nitrogen functional groups attached to an aromatic ring is 1. The molecule has 6 nitrogen and oxygen atoms in total. The zero-order valence-electron chi connectivity index (χ0n) is 8.14. The molecule has 0 aromatic carbocycles. The van der Waals surface area contributed by atoms with Gasteiger partial charge in [-0.2, -0.15) is 5.10 Å². The fraction of sp³-hybridized carbons (Fsp3) is 0.222. The standard InChI is InChI=1S/C9H10N4O2/c1-5-2-6(10)9-7(3-8(14)15)11-4-12-13(5)9/h2,4H,3,10H2,1H3,(H,14,15). The Morgan fingerprint density at radius 1 is 1.67 bits per heavy atom. The van der Waals surface area contributed by atoms with Crippen LogP contribution in [-0.4, -0.2) is 25.7 Å². The van der Waals surface area contributed by atoms with Crippen molar-refractivity contribution in [2.75, 3.05) is 5.73 Å². The lowest BCUT2D eigenvalue weighted by Crippen LogP contribution is -2.07. The van der Waals surface area contributed by atoms with Crippen molar-refractivity contribution < 1.29 is 9.90 Å². The summed E-state index contributed by atoms with van der Waals surface area (Å²) in [5.41, 5.74) is 8.14. The van der Waals surface area contributed by atoms with Gasteiger partial charge in [0.2, 0.25) is 0 Å². The predicted molar refractivity (Wildman–Crippen MR) is 53.5 cm³/mol. The van der Waals surface area contributed by atoms with E-state index in [0.29, 0.717) is 16.9 Å². The van der Waals surface area contributed by atoms with E-state index in [1.807, 2.05) is 6.92 Å². The summed E-state index contributed by atoms with van der Waals surface area (Å²) in [6.45, 7) is 1.85. The Labute approximate surface area is 85.3 Å². The van der Waals surface area contributed by atoms with Crippen molar-refractivity contribution in [3.8, 4) is 0 Å². The van der Waals surface area contributed by atoms with Gasteiger partial charge in [0, 0.05) is 5.69 Å². The third-order valence-electron chi connectivity index (χ3n) is 2.16. The molecular formula is C9H10N4O2. The van der Waals surface area contributed by atoms with E-state index in [0.717, 1.165) is 5.69 Å². The molecule has 0 saturated carbocycles. The van der Waals surface area contributed by atoms with Crippen molar-refractivity contribution in [1.29, 1.82) is 0 Å². The van der Waals surface area contributed by atoms with Crippen molar-refractivity contribution in [2.45, 2.75) is 13.3 Å². The molecule has 0 radical (unpaired) electrons. The van der Waals surface area contributed by atoms with Crippen molar-refractivity contribution in [2.24, 2.45) is 0 Å². The molecule has 0 aliphatic carbocycles. The zero-order valence-corrected chi connectivity index (χ0v) is 8.14. The molecule has 2 heterocycles. The van der Waals surface area contributed by atoms with Crippen LogP contribution in [0.15, 0.2) is 12.4 Å². The number of aliphatic carboxylic acids is 1. The van der Waals surface area contributed by atoms with Crippen LogP contribution >= 0.6 is 0 Å². The lowest BCUT2D eigenvalue weighted by atomic mass is 10.2. The monoisotopic (exact) mass is 206 g/mol. The Hall–Kier alpha value is -2.11. The van der Waals surface area contributed by atoms with Gasteiger partial charge in [-0.05, 0) is 13.0 Å². The number of nitrogens with zero attached hydrogens (tertiary/aromatic N) is 3. The van der Waals surface area contributed by atoms with E-state index in [1.54, 1.807) is 10.6 Å². The second kappa shape index (κ2) is 3.23. The van der Waals surface area contributed by atoms with E-state index in [2.05, 4.69) is 10.1 Å². The third kappa shape index (κ3) is 1.50. The summed E-state index contributed by atoms with van der Waals surface area (Å²) >= 11 is 0. The highest BCUT2D eigenvalue weighted by molar-refractivity contribution is 5.79. The molecule has 0 unspecified atom stereocenters. The van der Waals surface area contributed by atoms with E-state index in [-0.39, 0.29) is 6.42 Å². The number of carboxylic acid groups (broad SMARTS) is 1. The van der Waals surface area contributed by atoms with Crippen LogP contribution in [0.3, 0.4) is 0 Å². The molecule has 0 amide bonds. The molecule has 78 valence electrons. The summed E-state index contributed by atoms with van der Waals surface area (Å²) in [6, 6.07) is 1.75. The lowest BCUT2D eigenvalue weighted by Gasteiger charge is -2.01. The van der Waals surface area contributed by atoms with Gasteiger partial charge in [-0.3, -0.25) is 4.79 Å². The van der Waals surface area contributed by atoms with Gasteiger partial charge in [0.25, 0.3) is 0 Å². The third-order valence-corrected chi connectivity index (χ3v) is 2.16. The van der Waals surface area contributed by atoms with Crippen molar-refractivity contribution in [1.82, 2.24) is 14.6 Å². The smallest absolute Gasteiger partial charge is 0.309 e. The number of anilines is 1. The Balaban J connectivity index is 2.69. The van der Waals surface area contributed by atoms with Crippen LogP contribution in [0.25, 0.3) is 5.52 Å². The number of aryl methyl sites for hydroxylation is 1. The van der Waals surface area contributed by atoms with Gasteiger partial charge >= 0.3 is 5.97 Å². The van der Waals surface area contributed by atoms with Crippen LogP contribution in [0.1, 0.15) is 11.4 Å². The molecule has 0 atom stereocenters. The minimum absolute atomic E-state index is 0.153. The van der Waals surface area contributed by atoms with Gasteiger partial charge < -0.3 is 10.8 Å². The topological polar surface area (TPSA) is 93.5 Å². The molecule has 2 aromatic heterocycles. The molecule has 0 aliphatic heterocycles. The fourth-order valence-corrected chi connectivity index (χ4v) is 1.57. The van der Waals surface area contributed by atoms with Crippen LogP contribution < -0.4 is 5.73 Å². The first-order chi connectivity index (χ1) is 7.09. The normalized spacial score (nSPS) is 10.7. The highest BCUT2D eigenvalue weighted by Gasteiger charge is 2.12. The van der Waals surface area contributed by atoms with Gasteiger partial charge in [-0.1, -0.05) is 0 Å². The molecule has 2 rings (SSSR count). The summed E-state index contributed by atoms with van der Waals surface area (Å²) < 4.78 is 1.60. The van der Waals surface area contributed by atoms with Gasteiger partial charge in [-0.25, -0.2) is 9.50 Å². The van der Waals surface area contributed by atoms with E-state index in [4.69, 9.17) is 10.8 Å². The lowest BCUT2D eigenvalue weighted by molar-refractivity contribution is -0.136. The van der Waals surface area contributed by atoms with Crippen molar-refractivity contribution in [3.05, 3.63) is 23.8 Å². The quantitative estimate of drug-likeness (QED) is 0.734.